The maximum atomic E-state index is 13.9. The number of carbonyl (C=O) groups is 8. The molecule has 0 aliphatic heterocycles. The average molecular weight is 821 g/mol. The van der Waals surface area contributed by atoms with Gasteiger partial charge >= 0.3 is 47.8 Å². The van der Waals surface area contributed by atoms with Gasteiger partial charge in [-0.1, -0.05) is 26.3 Å². The van der Waals surface area contributed by atoms with Gasteiger partial charge < -0.3 is 37.9 Å². The SMILES string of the molecule is C=C(CC(CC(=C)C(=O)OCC)(C(=O)OCC)C(=O)OCC1CCC(COC(=O)C(CC(=C)C(=O)OCC)(CC(=C)C(=O)OCC)C(=O)OCC)CC1)C(=O)OCC. The third-order valence-electron chi connectivity index (χ3n) is 9.30. The van der Waals surface area contributed by atoms with Crippen LogP contribution < -0.4 is 0 Å². The molecule has 0 aromatic rings. The monoisotopic (exact) mass is 820 g/mol. The van der Waals surface area contributed by atoms with Crippen molar-refractivity contribution in [3.8, 4) is 0 Å². The normalized spacial score (nSPS) is 15.1. The second-order valence-corrected chi connectivity index (χ2v) is 13.7. The molecule has 0 spiro atoms. The van der Waals surface area contributed by atoms with Crippen LogP contribution in [0.3, 0.4) is 0 Å². The molecule has 1 rings (SSSR count). The minimum absolute atomic E-state index is 0.00879. The third kappa shape index (κ3) is 14.6. The van der Waals surface area contributed by atoms with Crippen molar-refractivity contribution in [3.63, 3.8) is 0 Å². The van der Waals surface area contributed by atoms with Crippen molar-refractivity contribution >= 4 is 47.8 Å². The van der Waals surface area contributed by atoms with Gasteiger partial charge in [0.15, 0.2) is 10.8 Å². The lowest BCUT2D eigenvalue weighted by Crippen LogP contribution is -2.45. The summed E-state index contributed by atoms with van der Waals surface area (Å²) in [6.45, 7) is 23.7. The summed E-state index contributed by atoms with van der Waals surface area (Å²) in [6.07, 6.45) is -0.322. The van der Waals surface area contributed by atoms with Gasteiger partial charge in [0, 0.05) is 48.0 Å². The Balaban J connectivity index is 3.24. The van der Waals surface area contributed by atoms with Crippen molar-refractivity contribution in [2.45, 2.75) is 92.9 Å². The molecule has 58 heavy (non-hydrogen) atoms. The number of carbonyl (C=O) groups excluding carboxylic acids is 8. The number of esters is 8. The second-order valence-electron chi connectivity index (χ2n) is 13.7. The molecular weight excluding hydrogens is 760 g/mol. The Bertz CT molecular complexity index is 1370. The Morgan fingerprint density at radius 1 is 0.379 bits per heavy atom. The molecule has 0 aromatic carbocycles. The fourth-order valence-corrected chi connectivity index (χ4v) is 6.31. The van der Waals surface area contributed by atoms with Crippen molar-refractivity contribution in [2.24, 2.45) is 22.7 Å². The van der Waals surface area contributed by atoms with Crippen LogP contribution in [0.15, 0.2) is 48.6 Å². The molecule has 1 fully saturated rings. The smallest absolute Gasteiger partial charge is 0.333 e. The lowest BCUT2D eigenvalue weighted by atomic mass is 9.76. The summed E-state index contributed by atoms with van der Waals surface area (Å²) in [7, 11) is 0. The quantitative estimate of drug-likeness (QED) is 0.0486. The maximum absolute atomic E-state index is 13.9. The van der Waals surface area contributed by atoms with E-state index < -0.39 is 84.3 Å². The molecule has 1 aliphatic rings. The van der Waals surface area contributed by atoms with Crippen LogP contribution in [0.1, 0.15) is 92.9 Å². The van der Waals surface area contributed by atoms with Crippen LogP contribution >= 0.6 is 0 Å². The van der Waals surface area contributed by atoms with Crippen molar-refractivity contribution < 1.29 is 76.3 Å². The van der Waals surface area contributed by atoms with E-state index in [2.05, 4.69) is 26.3 Å². The second kappa shape index (κ2) is 25.2. The molecule has 1 aliphatic carbocycles. The summed E-state index contributed by atoms with van der Waals surface area (Å²) in [4.78, 5) is 105. The van der Waals surface area contributed by atoms with Gasteiger partial charge in [-0.3, -0.25) is 19.2 Å². The number of rotatable bonds is 26. The Hall–Kier alpha value is -5.28. The molecule has 0 amide bonds. The van der Waals surface area contributed by atoms with E-state index >= 15 is 0 Å². The first-order valence-corrected chi connectivity index (χ1v) is 19.5. The predicted octanol–water partition coefficient (Wildman–Crippen LogP) is 5.02. The van der Waals surface area contributed by atoms with Crippen molar-refractivity contribution in [1.29, 1.82) is 0 Å². The first-order chi connectivity index (χ1) is 27.4. The molecule has 0 N–H and O–H groups in total. The highest BCUT2D eigenvalue weighted by Crippen LogP contribution is 2.40. The Morgan fingerprint density at radius 3 is 0.793 bits per heavy atom. The zero-order valence-electron chi connectivity index (χ0n) is 34.8. The summed E-state index contributed by atoms with van der Waals surface area (Å²) in [5, 5.41) is 0. The van der Waals surface area contributed by atoms with E-state index in [9.17, 15) is 38.4 Å². The first-order valence-electron chi connectivity index (χ1n) is 19.5. The molecule has 0 heterocycles. The van der Waals surface area contributed by atoms with Crippen LogP contribution in [0.5, 0.6) is 0 Å². The predicted molar refractivity (Wildman–Crippen MR) is 207 cm³/mol. The summed E-state index contributed by atoms with van der Waals surface area (Å²) < 4.78 is 42.0. The highest BCUT2D eigenvalue weighted by Gasteiger charge is 2.53. The van der Waals surface area contributed by atoms with E-state index in [1.54, 1.807) is 27.7 Å². The van der Waals surface area contributed by atoms with Crippen LogP contribution in [-0.4, -0.2) is 101 Å². The number of hydrogen-bond donors (Lipinski definition) is 0. The van der Waals surface area contributed by atoms with E-state index in [1.807, 2.05) is 0 Å². The minimum Gasteiger partial charge on any atom is -0.465 e. The summed E-state index contributed by atoms with van der Waals surface area (Å²) in [6, 6.07) is 0. The Kier molecular flexibility index (Phi) is 22.0. The van der Waals surface area contributed by atoms with E-state index in [0.717, 1.165) is 0 Å². The zero-order valence-corrected chi connectivity index (χ0v) is 34.8. The zero-order chi connectivity index (χ0) is 44.1. The van der Waals surface area contributed by atoms with Crippen molar-refractivity contribution in [1.82, 2.24) is 0 Å². The van der Waals surface area contributed by atoms with Crippen molar-refractivity contribution in [2.75, 3.05) is 52.9 Å². The molecule has 324 valence electrons. The summed E-state index contributed by atoms with van der Waals surface area (Å²) >= 11 is 0. The standard InChI is InChI=1S/C42H60O16/c1-11-51-33(43)27(7)21-41(37(47)55-15-5,22-28(8)34(44)52-12-2)39(49)57-25-31-17-19-32(20-18-31)26-58-40(50)42(38(48)56-16-6,23-29(9)35(45)53-13-3)24-30(10)36(46)54-14-4/h31-32H,7-26H2,1-6H3. The lowest BCUT2D eigenvalue weighted by molar-refractivity contribution is -0.176. The van der Waals surface area contributed by atoms with Crippen LogP contribution in [0.2, 0.25) is 0 Å². The van der Waals surface area contributed by atoms with Gasteiger partial charge in [0.1, 0.15) is 0 Å². The minimum atomic E-state index is -2.21. The molecule has 0 aromatic heterocycles. The average Bonchev–Trinajstić information content (AvgIpc) is 3.18. The van der Waals surface area contributed by atoms with Gasteiger partial charge in [-0.2, -0.15) is 0 Å². The van der Waals surface area contributed by atoms with Crippen LogP contribution in [0.25, 0.3) is 0 Å². The van der Waals surface area contributed by atoms with Gasteiger partial charge in [0.2, 0.25) is 0 Å². The van der Waals surface area contributed by atoms with Gasteiger partial charge in [-0.25, -0.2) is 19.2 Å². The molecule has 16 heteroatoms. The van der Waals surface area contributed by atoms with E-state index in [1.165, 1.54) is 13.8 Å². The van der Waals surface area contributed by atoms with Crippen molar-refractivity contribution in [3.05, 3.63) is 48.6 Å². The summed E-state index contributed by atoms with van der Waals surface area (Å²) in [5.41, 5.74) is -5.31. The molecule has 0 saturated heterocycles. The summed E-state index contributed by atoms with van der Waals surface area (Å²) in [5.74, 6) is -7.99. The largest absolute Gasteiger partial charge is 0.465 e. The topological polar surface area (TPSA) is 210 Å². The Labute approximate surface area is 340 Å². The van der Waals surface area contributed by atoms with Crippen LogP contribution in [0, 0.1) is 22.7 Å². The van der Waals surface area contributed by atoms with Gasteiger partial charge in [-0.15, -0.1) is 0 Å². The maximum Gasteiger partial charge on any atom is 0.333 e. The third-order valence-corrected chi connectivity index (χ3v) is 9.30. The fraction of sp³-hybridized carbons (Fsp3) is 0.619. The van der Waals surface area contributed by atoms with Gasteiger partial charge in [0.25, 0.3) is 0 Å². The lowest BCUT2D eigenvalue weighted by Gasteiger charge is -2.33. The molecule has 0 bridgehead atoms. The van der Waals surface area contributed by atoms with E-state index in [4.69, 9.17) is 37.9 Å². The van der Waals surface area contributed by atoms with E-state index in [-0.39, 0.29) is 87.0 Å². The van der Waals surface area contributed by atoms with Gasteiger partial charge in [0.05, 0.1) is 52.9 Å². The highest BCUT2D eigenvalue weighted by molar-refractivity contribution is 6.05. The first kappa shape index (κ1) is 50.7. The van der Waals surface area contributed by atoms with Gasteiger partial charge in [-0.05, 0) is 79.1 Å². The molecule has 0 unspecified atom stereocenters. The highest BCUT2D eigenvalue weighted by atomic mass is 16.6. The van der Waals surface area contributed by atoms with Crippen LogP contribution in [0.4, 0.5) is 0 Å². The molecular formula is C42H60O16. The fourth-order valence-electron chi connectivity index (χ4n) is 6.31. The number of hydrogen-bond acceptors (Lipinski definition) is 16. The number of ether oxygens (including phenoxy) is 8. The molecule has 16 nitrogen and oxygen atoms in total. The van der Waals surface area contributed by atoms with Crippen LogP contribution in [-0.2, 0) is 76.3 Å². The van der Waals surface area contributed by atoms with E-state index in [0.29, 0.717) is 25.7 Å². The molecule has 0 radical (unpaired) electrons. The Morgan fingerprint density at radius 2 is 0.586 bits per heavy atom. The molecule has 1 saturated carbocycles. The molecule has 0 atom stereocenters.